The summed E-state index contributed by atoms with van der Waals surface area (Å²) >= 11 is 0. The summed E-state index contributed by atoms with van der Waals surface area (Å²) in [5.74, 6) is 2.05. The smallest absolute Gasteiger partial charge is 0.143 e. The summed E-state index contributed by atoms with van der Waals surface area (Å²) in [5.41, 5.74) is 2.86. The van der Waals surface area contributed by atoms with Crippen LogP contribution < -0.4 is 4.74 Å². The quantitative estimate of drug-likeness (QED) is 0.919. The highest BCUT2D eigenvalue weighted by atomic mass is 16.5. The third-order valence-electron chi connectivity index (χ3n) is 3.22. The van der Waals surface area contributed by atoms with Crippen molar-refractivity contribution in [2.75, 3.05) is 7.11 Å². The van der Waals surface area contributed by atoms with E-state index in [1.807, 2.05) is 23.9 Å². The molecule has 2 aromatic rings. The Balaban J connectivity index is 2.57. The Morgan fingerprint density at radius 3 is 2.63 bits per heavy atom. The van der Waals surface area contributed by atoms with Crippen molar-refractivity contribution in [2.45, 2.75) is 26.4 Å². The molecule has 0 saturated carbocycles. The third kappa shape index (κ3) is 2.63. The Labute approximate surface area is 113 Å². The van der Waals surface area contributed by atoms with E-state index >= 15 is 0 Å². The summed E-state index contributed by atoms with van der Waals surface area (Å²) in [7, 11) is 3.58. The molecule has 0 amide bonds. The molecule has 2 rings (SSSR count). The monoisotopic (exact) mass is 260 g/mol. The molecule has 0 aliphatic rings. The van der Waals surface area contributed by atoms with Crippen molar-refractivity contribution in [3.05, 3.63) is 35.7 Å². The maximum Gasteiger partial charge on any atom is 0.143 e. The fraction of sp³-hybridized carbons (Fsp3) is 0.400. The van der Waals surface area contributed by atoms with E-state index in [2.05, 4.69) is 31.0 Å². The van der Waals surface area contributed by atoms with Gasteiger partial charge in [-0.2, -0.15) is 0 Å². The van der Waals surface area contributed by atoms with Gasteiger partial charge in [0.1, 0.15) is 11.6 Å². The van der Waals surface area contributed by atoms with Gasteiger partial charge >= 0.3 is 0 Å². The minimum absolute atomic E-state index is 0.0555. The number of benzene rings is 1. The lowest BCUT2D eigenvalue weighted by atomic mass is 10.00. The van der Waals surface area contributed by atoms with E-state index in [0.29, 0.717) is 11.6 Å². The van der Waals surface area contributed by atoms with Crippen LogP contribution in [0.1, 0.15) is 31.0 Å². The molecule has 4 heteroatoms. The first kappa shape index (κ1) is 13.6. The molecule has 0 radical (unpaired) electrons. The second kappa shape index (κ2) is 5.45. The topological polar surface area (TPSA) is 47.3 Å². The highest BCUT2D eigenvalue weighted by molar-refractivity contribution is 5.66. The van der Waals surface area contributed by atoms with Crippen molar-refractivity contribution in [3.63, 3.8) is 0 Å². The molecule has 1 aromatic heterocycles. The van der Waals surface area contributed by atoms with E-state index < -0.39 is 0 Å². The maximum atomic E-state index is 9.18. The molecular formula is C15H20N2O2. The number of hydrogen-bond donors (Lipinski definition) is 1. The number of hydrogen-bond acceptors (Lipinski definition) is 3. The second-order valence-corrected chi connectivity index (χ2v) is 4.94. The van der Waals surface area contributed by atoms with Crippen molar-refractivity contribution in [3.8, 4) is 17.1 Å². The van der Waals surface area contributed by atoms with E-state index in [-0.39, 0.29) is 6.61 Å². The molecule has 102 valence electrons. The number of rotatable bonds is 4. The standard InChI is InChI=1S/C15H20N2O2/c1-10(2)11-5-6-14(19-4)13(7-11)15-16-12(9-18)8-17(15)3/h5-8,10,18H,9H2,1-4H3. The fourth-order valence-corrected chi connectivity index (χ4v) is 2.11. The van der Waals surface area contributed by atoms with E-state index in [0.717, 1.165) is 17.1 Å². The van der Waals surface area contributed by atoms with E-state index in [1.165, 1.54) is 5.56 Å². The van der Waals surface area contributed by atoms with Crippen LogP contribution in [0.2, 0.25) is 0 Å². The first-order valence-electron chi connectivity index (χ1n) is 6.38. The first-order chi connectivity index (χ1) is 9.06. The van der Waals surface area contributed by atoms with Crippen molar-refractivity contribution in [2.24, 2.45) is 7.05 Å². The molecule has 1 N–H and O–H groups in total. The van der Waals surface area contributed by atoms with E-state index in [1.54, 1.807) is 7.11 Å². The number of imidazole rings is 1. The largest absolute Gasteiger partial charge is 0.496 e. The molecular weight excluding hydrogens is 240 g/mol. The molecule has 19 heavy (non-hydrogen) atoms. The molecule has 0 fully saturated rings. The number of aliphatic hydroxyl groups is 1. The summed E-state index contributed by atoms with van der Waals surface area (Å²) < 4.78 is 7.33. The SMILES string of the molecule is COc1ccc(C(C)C)cc1-c1nc(CO)cn1C. The Kier molecular flexibility index (Phi) is 3.90. The highest BCUT2D eigenvalue weighted by Crippen LogP contribution is 2.32. The maximum absolute atomic E-state index is 9.18. The Morgan fingerprint density at radius 1 is 1.37 bits per heavy atom. The number of aliphatic hydroxyl groups excluding tert-OH is 1. The van der Waals surface area contributed by atoms with Crippen LogP contribution in [-0.4, -0.2) is 21.8 Å². The van der Waals surface area contributed by atoms with E-state index in [4.69, 9.17) is 4.74 Å². The normalized spacial score (nSPS) is 11.1. The number of methoxy groups -OCH3 is 1. The van der Waals surface area contributed by atoms with Gasteiger partial charge in [-0.3, -0.25) is 0 Å². The lowest BCUT2D eigenvalue weighted by Gasteiger charge is -2.12. The summed E-state index contributed by atoms with van der Waals surface area (Å²) in [4.78, 5) is 4.44. The lowest BCUT2D eigenvalue weighted by Crippen LogP contribution is -1.97. The molecule has 1 aromatic carbocycles. The predicted octanol–water partition coefficient (Wildman–Crippen LogP) is 2.71. The average molecular weight is 260 g/mol. The number of aryl methyl sites for hydroxylation is 1. The van der Waals surface area contributed by atoms with Gasteiger partial charge in [-0.05, 0) is 23.6 Å². The van der Waals surface area contributed by atoms with Gasteiger partial charge in [-0.25, -0.2) is 4.98 Å². The fourth-order valence-electron chi connectivity index (χ4n) is 2.11. The zero-order chi connectivity index (χ0) is 14.0. The minimum Gasteiger partial charge on any atom is -0.496 e. The van der Waals surface area contributed by atoms with Gasteiger partial charge in [-0.15, -0.1) is 0 Å². The van der Waals surface area contributed by atoms with E-state index in [9.17, 15) is 5.11 Å². The first-order valence-corrected chi connectivity index (χ1v) is 6.38. The summed E-state index contributed by atoms with van der Waals surface area (Å²) in [5, 5.41) is 9.18. The van der Waals surface area contributed by atoms with Gasteiger partial charge in [0.05, 0.1) is 25.0 Å². The molecule has 0 aliphatic heterocycles. The van der Waals surface area contributed by atoms with Gasteiger partial charge in [0.15, 0.2) is 0 Å². The van der Waals surface area contributed by atoms with Gasteiger partial charge in [0, 0.05) is 13.2 Å². The third-order valence-corrected chi connectivity index (χ3v) is 3.22. The lowest BCUT2D eigenvalue weighted by molar-refractivity contribution is 0.277. The summed E-state index contributed by atoms with van der Waals surface area (Å²) in [6.45, 7) is 4.26. The molecule has 0 unspecified atom stereocenters. The van der Waals surface area contributed by atoms with Crippen LogP contribution in [0.5, 0.6) is 5.75 Å². The molecule has 4 nitrogen and oxygen atoms in total. The van der Waals surface area contributed by atoms with Crippen LogP contribution in [-0.2, 0) is 13.7 Å². The molecule has 0 spiro atoms. The molecule has 0 saturated heterocycles. The van der Waals surface area contributed by atoms with Crippen molar-refractivity contribution in [1.82, 2.24) is 9.55 Å². The van der Waals surface area contributed by atoms with Gasteiger partial charge in [0.25, 0.3) is 0 Å². The molecule has 0 bridgehead atoms. The van der Waals surface area contributed by atoms with Crippen LogP contribution >= 0.6 is 0 Å². The van der Waals surface area contributed by atoms with Crippen LogP contribution in [0.4, 0.5) is 0 Å². The van der Waals surface area contributed by atoms with Crippen molar-refractivity contribution in [1.29, 1.82) is 0 Å². The second-order valence-electron chi connectivity index (χ2n) is 4.94. The van der Waals surface area contributed by atoms with Crippen LogP contribution in [0, 0.1) is 0 Å². The minimum atomic E-state index is -0.0555. The average Bonchev–Trinajstić information content (AvgIpc) is 2.79. The zero-order valence-electron chi connectivity index (χ0n) is 11.8. The van der Waals surface area contributed by atoms with Crippen LogP contribution in [0.3, 0.4) is 0 Å². The number of aromatic nitrogens is 2. The molecule has 1 heterocycles. The Morgan fingerprint density at radius 2 is 2.11 bits per heavy atom. The summed E-state index contributed by atoms with van der Waals surface area (Å²) in [6, 6.07) is 6.15. The highest BCUT2D eigenvalue weighted by Gasteiger charge is 2.14. The molecule has 0 atom stereocenters. The van der Waals surface area contributed by atoms with Crippen LogP contribution in [0.25, 0.3) is 11.4 Å². The van der Waals surface area contributed by atoms with Gasteiger partial charge < -0.3 is 14.4 Å². The predicted molar refractivity (Wildman–Crippen MR) is 75.2 cm³/mol. The van der Waals surface area contributed by atoms with Gasteiger partial charge in [0.2, 0.25) is 0 Å². The van der Waals surface area contributed by atoms with Gasteiger partial charge in [-0.1, -0.05) is 19.9 Å². The van der Waals surface area contributed by atoms with Crippen LogP contribution in [0.15, 0.2) is 24.4 Å². The summed E-state index contributed by atoms with van der Waals surface area (Å²) in [6.07, 6.45) is 1.83. The van der Waals surface area contributed by atoms with Crippen molar-refractivity contribution < 1.29 is 9.84 Å². The van der Waals surface area contributed by atoms with Crippen molar-refractivity contribution >= 4 is 0 Å². The zero-order valence-corrected chi connectivity index (χ0v) is 11.8. The Bertz CT molecular complexity index is 574. The Hall–Kier alpha value is -1.81. The molecule has 0 aliphatic carbocycles. The number of nitrogens with zero attached hydrogens (tertiary/aromatic N) is 2. The number of ether oxygens (including phenoxy) is 1.